The topological polar surface area (TPSA) is 131 Å². The van der Waals surface area contributed by atoms with Crippen molar-refractivity contribution < 1.29 is 13.9 Å². The first kappa shape index (κ1) is 18.6. The Kier molecular flexibility index (Phi) is 5.55. The Morgan fingerprint density at radius 3 is 2.59 bits per heavy atom. The predicted octanol–water partition coefficient (Wildman–Crippen LogP) is 1.42. The van der Waals surface area contributed by atoms with Gasteiger partial charge >= 0.3 is 11.7 Å². The SMILES string of the molecule is COC(=O)c1ccc(CSc2nnc(Cc3c(C)[nH]c(=O)[nH]c3=O)o2)cc1. The molecule has 9 nitrogen and oxygen atoms in total. The number of carbonyl (C=O) groups is 1. The van der Waals surface area contributed by atoms with Crippen LogP contribution in [0.5, 0.6) is 0 Å². The van der Waals surface area contributed by atoms with E-state index < -0.39 is 11.2 Å². The number of nitrogens with zero attached hydrogens (tertiary/aromatic N) is 2. The molecule has 0 spiro atoms. The number of thioether (sulfide) groups is 1. The first-order valence-corrected chi connectivity index (χ1v) is 8.89. The molecule has 0 atom stereocenters. The molecule has 3 rings (SSSR count). The van der Waals surface area contributed by atoms with E-state index in [9.17, 15) is 14.4 Å². The van der Waals surface area contributed by atoms with Crippen LogP contribution in [0.4, 0.5) is 0 Å². The van der Waals surface area contributed by atoms with Crippen LogP contribution in [0.3, 0.4) is 0 Å². The van der Waals surface area contributed by atoms with Gasteiger partial charge in [0.15, 0.2) is 0 Å². The lowest BCUT2D eigenvalue weighted by Crippen LogP contribution is -2.27. The number of rotatable bonds is 6. The normalized spacial score (nSPS) is 10.7. The molecular formula is C17H16N4O5S. The average molecular weight is 388 g/mol. The number of ether oxygens (including phenoxy) is 1. The minimum absolute atomic E-state index is 0.124. The summed E-state index contributed by atoms with van der Waals surface area (Å²) in [4.78, 5) is 39.2. The number of aromatic amines is 2. The summed E-state index contributed by atoms with van der Waals surface area (Å²) in [5, 5.41) is 8.25. The lowest BCUT2D eigenvalue weighted by Gasteiger charge is -2.01. The third-order valence-electron chi connectivity index (χ3n) is 3.77. The Labute approximate surface area is 157 Å². The van der Waals surface area contributed by atoms with Crippen molar-refractivity contribution >= 4 is 17.7 Å². The van der Waals surface area contributed by atoms with Gasteiger partial charge in [-0.2, -0.15) is 0 Å². The molecule has 0 amide bonds. The van der Waals surface area contributed by atoms with Crippen molar-refractivity contribution in [2.24, 2.45) is 0 Å². The van der Waals surface area contributed by atoms with E-state index in [-0.39, 0.29) is 18.3 Å². The second-order valence-electron chi connectivity index (χ2n) is 5.63. The summed E-state index contributed by atoms with van der Waals surface area (Å²) in [6.07, 6.45) is 0.124. The summed E-state index contributed by atoms with van der Waals surface area (Å²) >= 11 is 1.34. The Hall–Kier alpha value is -3.14. The van der Waals surface area contributed by atoms with Gasteiger partial charge in [0.2, 0.25) is 5.89 Å². The summed E-state index contributed by atoms with van der Waals surface area (Å²) in [6.45, 7) is 1.63. The summed E-state index contributed by atoms with van der Waals surface area (Å²) < 4.78 is 10.2. The van der Waals surface area contributed by atoms with Crippen LogP contribution in [0.2, 0.25) is 0 Å². The van der Waals surface area contributed by atoms with E-state index >= 15 is 0 Å². The predicted molar refractivity (Wildman–Crippen MR) is 96.9 cm³/mol. The van der Waals surface area contributed by atoms with Gasteiger partial charge in [-0.3, -0.25) is 9.78 Å². The number of hydrogen-bond acceptors (Lipinski definition) is 8. The number of carbonyl (C=O) groups excluding carboxylic acids is 1. The number of esters is 1. The molecule has 0 saturated heterocycles. The third-order valence-corrected chi connectivity index (χ3v) is 4.66. The van der Waals surface area contributed by atoms with E-state index in [1.54, 1.807) is 19.1 Å². The minimum atomic E-state index is -0.554. The van der Waals surface area contributed by atoms with Crippen LogP contribution in [-0.2, 0) is 16.9 Å². The summed E-state index contributed by atoms with van der Waals surface area (Å²) in [7, 11) is 1.33. The zero-order valence-corrected chi connectivity index (χ0v) is 15.4. The largest absolute Gasteiger partial charge is 0.465 e. The van der Waals surface area contributed by atoms with Gasteiger partial charge in [-0.05, 0) is 24.6 Å². The number of nitrogens with one attached hydrogen (secondary N) is 2. The van der Waals surface area contributed by atoms with E-state index in [1.165, 1.54) is 18.9 Å². The fourth-order valence-corrected chi connectivity index (χ4v) is 3.09. The first-order chi connectivity index (χ1) is 13.0. The van der Waals surface area contributed by atoms with Gasteiger partial charge in [-0.25, -0.2) is 9.59 Å². The maximum absolute atomic E-state index is 11.9. The van der Waals surface area contributed by atoms with Gasteiger partial charge in [0, 0.05) is 17.0 Å². The van der Waals surface area contributed by atoms with Crippen LogP contribution in [0, 0.1) is 6.92 Å². The van der Waals surface area contributed by atoms with Gasteiger partial charge in [-0.1, -0.05) is 23.9 Å². The van der Waals surface area contributed by atoms with Crippen LogP contribution in [-0.4, -0.2) is 33.2 Å². The molecule has 140 valence electrons. The van der Waals surface area contributed by atoms with E-state index in [0.717, 1.165) is 5.56 Å². The van der Waals surface area contributed by atoms with Crippen molar-refractivity contribution in [3.8, 4) is 0 Å². The molecule has 27 heavy (non-hydrogen) atoms. The lowest BCUT2D eigenvalue weighted by molar-refractivity contribution is 0.0600. The number of aryl methyl sites for hydroxylation is 1. The average Bonchev–Trinajstić information content (AvgIpc) is 3.10. The quantitative estimate of drug-likeness (QED) is 0.479. The second kappa shape index (κ2) is 8.04. The number of methoxy groups -OCH3 is 1. The molecule has 0 aliphatic carbocycles. The smallest absolute Gasteiger partial charge is 0.337 e. The maximum Gasteiger partial charge on any atom is 0.337 e. The van der Waals surface area contributed by atoms with Crippen LogP contribution < -0.4 is 11.2 Å². The summed E-state index contributed by atoms with van der Waals surface area (Å²) in [5.41, 5.74) is 1.25. The fraction of sp³-hybridized carbons (Fsp3) is 0.235. The molecule has 0 aliphatic heterocycles. The van der Waals surface area contributed by atoms with Gasteiger partial charge in [-0.15, -0.1) is 10.2 Å². The number of benzene rings is 1. The van der Waals surface area contributed by atoms with Crippen molar-refractivity contribution in [2.45, 2.75) is 24.3 Å². The summed E-state index contributed by atoms with van der Waals surface area (Å²) in [5.74, 6) is 0.462. The molecule has 1 aromatic carbocycles. The molecule has 2 aromatic heterocycles. The minimum Gasteiger partial charge on any atom is -0.465 e. The van der Waals surface area contributed by atoms with Crippen LogP contribution >= 0.6 is 11.8 Å². The first-order valence-electron chi connectivity index (χ1n) is 7.91. The number of H-pyrrole nitrogens is 2. The Morgan fingerprint density at radius 1 is 1.19 bits per heavy atom. The molecule has 0 aliphatic rings. The standard InChI is InChI=1S/C17H16N4O5S/c1-9-12(14(22)19-16(24)18-9)7-13-20-21-17(26-13)27-8-10-3-5-11(6-4-10)15(23)25-2/h3-6H,7-8H2,1-2H3,(H2,18,19,22,24). The van der Waals surface area contributed by atoms with Crippen LogP contribution in [0.25, 0.3) is 0 Å². The van der Waals surface area contributed by atoms with Crippen molar-refractivity contribution in [3.63, 3.8) is 0 Å². The van der Waals surface area contributed by atoms with Crippen molar-refractivity contribution in [2.75, 3.05) is 7.11 Å². The second-order valence-corrected chi connectivity index (χ2v) is 6.55. The molecule has 3 aromatic rings. The zero-order chi connectivity index (χ0) is 19.4. The highest BCUT2D eigenvalue weighted by Crippen LogP contribution is 2.22. The Morgan fingerprint density at radius 2 is 1.93 bits per heavy atom. The van der Waals surface area contributed by atoms with E-state index in [0.29, 0.717) is 27.8 Å². The van der Waals surface area contributed by atoms with Gasteiger partial charge < -0.3 is 14.1 Å². The highest BCUT2D eigenvalue weighted by Gasteiger charge is 2.13. The van der Waals surface area contributed by atoms with Crippen LogP contribution in [0.15, 0.2) is 43.5 Å². The van der Waals surface area contributed by atoms with Gasteiger partial charge in [0.25, 0.3) is 10.8 Å². The Bertz CT molecular complexity index is 1070. The number of hydrogen-bond donors (Lipinski definition) is 2. The maximum atomic E-state index is 11.9. The van der Waals surface area contributed by atoms with Gasteiger partial charge in [0.1, 0.15) is 0 Å². The number of aromatic nitrogens is 4. The fourth-order valence-electron chi connectivity index (χ4n) is 2.36. The highest BCUT2D eigenvalue weighted by atomic mass is 32.2. The molecule has 0 saturated carbocycles. The monoisotopic (exact) mass is 388 g/mol. The molecule has 0 radical (unpaired) electrons. The molecule has 0 fully saturated rings. The zero-order valence-electron chi connectivity index (χ0n) is 14.6. The van der Waals surface area contributed by atoms with E-state index in [1.807, 2.05) is 12.1 Å². The molecule has 0 unspecified atom stereocenters. The third kappa shape index (κ3) is 4.53. The lowest BCUT2D eigenvalue weighted by atomic mass is 10.1. The van der Waals surface area contributed by atoms with Crippen molar-refractivity contribution in [3.05, 3.63) is 73.4 Å². The molecule has 2 N–H and O–H groups in total. The molecule has 10 heteroatoms. The van der Waals surface area contributed by atoms with Crippen LogP contribution in [0.1, 0.15) is 33.1 Å². The summed E-state index contributed by atoms with van der Waals surface area (Å²) in [6, 6.07) is 7.01. The van der Waals surface area contributed by atoms with Crippen molar-refractivity contribution in [1.82, 2.24) is 20.2 Å². The molecular weight excluding hydrogens is 372 g/mol. The van der Waals surface area contributed by atoms with Gasteiger partial charge in [0.05, 0.1) is 19.1 Å². The van der Waals surface area contributed by atoms with E-state index in [4.69, 9.17) is 4.42 Å². The highest BCUT2D eigenvalue weighted by molar-refractivity contribution is 7.98. The Balaban J connectivity index is 1.64. The van der Waals surface area contributed by atoms with E-state index in [2.05, 4.69) is 24.9 Å². The molecule has 0 bridgehead atoms. The molecule has 2 heterocycles. The van der Waals surface area contributed by atoms with Crippen molar-refractivity contribution in [1.29, 1.82) is 0 Å².